The number of benzene rings is 3. The fourth-order valence-corrected chi connectivity index (χ4v) is 4.65. The lowest BCUT2D eigenvalue weighted by atomic mass is 10.2. The number of hydrogen-bond donors (Lipinski definition) is 1. The molecule has 2 aromatic heterocycles. The van der Waals surface area contributed by atoms with Gasteiger partial charge in [-0.25, -0.2) is 9.07 Å². The number of piperazine rings is 1. The van der Waals surface area contributed by atoms with Crippen molar-refractivity contribution in [2.45, 2.75) is 6.92 Å². The number of rotatable bonds is 7. The van der Waals surface area contributed by atoms with Crippen molar-refractivity contribution in [1.82, 2.24) is 19.7 Å². The van der Waals surface area contributed by atoms with Gasteiger partial charge in [0.25, 0.3) is 0 Å². The SMILES string of the molecule is CCOc1ccc(Nc2nc(N3CCN(c4ccc(F)cc4)CC3)nc3c2cnn3-c2ccccc2)cc1. The lowest BCUT2D eigenvalue weighted by Crippen LogP contribution is -2.47. The Morgan fingerprint density at radius 2 is 1.53 bits per heavy atom. The summed E-state index contributed by atoms with van der Waals surface area (Å²) in [4.78, 5) is 14.4. The molecule has 38 heavy (non-hydrogen) atoms. The number of halogens is 1. The Bertz CT molecular complexity index is 1510. The van der Waals surface area contributed by atoms with Crippen molar-refractivity contribution in [3.8, 4) is 11.4 Å². The van der Waals surface area contributed by atoms with Crippen molar-refractivity contribution in [1.29, 1.82) is 0 Å². The molecule has 1 N–H and O–H groups in total. The summed E-state index contributed by atoms with van der Waals surface area (Å²) < 4.78 is 20.8. The monoisotopic (exact) mass is 509 g/mol. The third-order valence-electron chi connectivity index (χ3n) is 6.60. The maximum atomic E-state index is 13.4. The van der Waals surface area contributed by atoms with Crippen molar-refractivity contribution in [2.75, 3.05) is 47.9 Å². The minimum Gasteiger partial charge on any atom is -0.494 e. The Morgan fingerprint density at radius 1 is 0.816 bits per heavy atom. The molecular formula is C29H28FN7O. The molecule has 0 radical (unpaired) electrons. The van der Waals surface area contributed by atoms with Crippen LogP contribution in [-0.2, 0) is 0 Å². The summed E-state index contributed by atoms with van der Waals surface area (Å²) in [5, 5.41) is 8.95. The first-order chi connectivity index (χ1) is 18.7. The topological polar surface area (TPSA) is 71.3 Å². The van der Waals surface area contributed by atoms with E-state index in [-0.39, 0.29) is 5.82 Å². The predicted molar refractivity (Wildman–Crippen MR) is 148 cm³/mol. The fourth-order valence-electron chi connectivity index (χ4n) is 4.65. The predicted octanol–water partition coefficient (Wildman–Crippen LogP) is 5.42. The normalized spacial score (nSPS) is 13.6. The van der Waals surface area contributed by atoms with Gasteiger partial charge in [0.1, 0.15) is 17.4 Å². The van der Waals surface area contributed by atoms with Gasteiger partial charge in [0.15, 0.2) is 5.65 Å². The molecule has 0 aliphatic carbocycles. The molecule has 0 amide bonds. The van der Waals surface area contributed by atoms with Crippen molar-refractivity contribution in [2.24, 2.45) is 0 Å². The average molecular weight is 510 g/mol. The third kappa shape index (κ3) is 4.82. The summed E-state index contributed by atoms with van der Waals surface area (Å²) in [5.74, 6) is 1.93. The molecule has 1 fully saturated rings. The zero-order valence-electron chi connectivity index (χ0n) is 21.1. The number of nitrogens with one attached hydrogen (secondary N) is 1. The molecule has 3 aromatic carbocycles. The van der Waals surface area contributed by atoms with E-state index in [0.29, 0.717) is 18.4 Å². The minimum absolute atomic E-state index is 0.225. The Morgan fingerprint density at radius 3 is 2.24 bits per heavy atom. The van der Waals surface area contributed by atoms with Crippen LogP contribution in [0.25, 0.3) is 16.7 Å². The number of hydrogen-bond acceptors (Lipinski definition) is 7. The molecule has 0 unspecified atom stereocenters. The van der Waals surface area contributed by atoms with Crippen LogP contribution in [0.3, 0.4) is 0 Å². The quantitative estimate of drug-likeness (QED) is 0.314. The zero-order valence-corrected chi connectivity index (χ0v) is 21.1. The summed E-state index contributed by atoms with van der Waals surface area (Å²) in [6.45, 7) is 5.64. The van der Waals surface area contributed by atoms with Crippen LogP contribution in [0.1, 0.15) is 6.92 Å². The van der Waals surface area contributed by atoms with E-state index in [1.54, 1.807) is 6.20 Å². The van der Waals surface area contributed by atoms with E-state index in [1.165, 1.54) is 12.1 Å². The van der Waals surface area contributed by atoms with Gasteiger partial charge in [-0.1, -0.05) is 18.2 Å². The Hall–Kier alpha value is -4.66. The molecule has 1 aliphatic heterocycles. The zero-order chi connectivity index (χ0) is 25.9. The van der Waals surface area contributed by atoms with Crippen LogP contribution >= 0.6 is 0 Å². The van der Waals surface area contributed by atoms with Gasteiger partial charge in [0, 0.05) is 37.6 Å². The second kappa shape index (κ2) is 10.4. The molecule has 6 rings (SSSR count). The molecular weight excluding hydrogens is 481 g/mol. The molecule has 8 nitrogen and oxygen atoms in total. The van der Waals surface area contributed by atoms with Crippen LogP contribution in [0.4, 0.5) is 27.5 Å². The van der Waals surface area contributed by atoms with Gasteiger partial charge >= 0.3 is 0 Å². The summed E-state index contributed by atoms with van der Waals surface area (Å²) in [5.41, 5.74) is 3.58. The summed E-state index contributed by atoms with van der Waals surface area (Å²) >= 11 is 0. The molecule has 1 saturated heterocycles. The van der Waals surface area contributed by atoms with Gasteiger partial charge in [-0.05, 0) is 67.6 Å². The van der Waals surface area contributed by atoms with Gasteiger partial charge in [-0.3, -0.25) is 0 Å². The Balaban J connectivity index is 1.33. The fraction of sp³-hybridized carbons (Fsp3) is 0.207. The van der Waals surface area contributed by atoms with E-state index in [2.05, 4.69) is 20.2 Å². The second-order valence-electron chi connectivity index (χ2n) is 9.03. The Kier molecular flexibility index (Phi) is 6.47. The maximum absolute atomic E-state index is 13.4. The first-order valence-corrected chi connectivity index (χ1v) is 12.7. The van der Waals surface area contributed by atoms with E-state index in [1.807, 2.05) is 78.3 Å². The lowest BCUT2D eigenvalue weighted by molar-refractivity contribution is 0.340. The molecule has 9 heteroatoms. The number of para-hydroxylation sites is 1. The highest BCUT2D eigenvalue weighted by molar-refractivity contribution is 5.90. The van der Waals surface area contributed by atoms with Crippen LogP contribution in [0, 0.1) is 5.82 Å². The molecule has 1 aliphatic rings. The molecule has 0 saturated carbocycles. The van der Waals surface area contributed by atoms with E-state index < -0.39 is 0 Å². The number of ether oxygens (including phenoxy) is 1. The van der Waals surface area contributed by atoms with Crippen molar-refractivity contribution < 1.29 is 9.13 Å². The van der Waals surface area contributed by atoms with E-state index in [0.717, 1.165) is 60.0 Å². The molecule has 5 aromatic rings. The molecule has 0 bridgehead atoms. The highest BCUT2D eigenvalue weighted by atomic mass is 19.1. The highest BCUT2D eigenvalue weighted by Gasteiger charge is 2.22. The first-order valence-electron chi connectivity index (χ1n) is 12.7. The van der Waals surface area contributed by atoms with Gasteiger partial charge in [0.2, 0.25) is 5.95 Å². The van der Waals surface area contributed by atoms with Crippen molar-refractivity contribution >= 4 is 34.2 Å². The van der Waals surface area contributed by atoms with Gasteiger partial charge in [-0.15, -0.1) is 0 Å². The Labute approximate surface area is 220 Å². The standard InChI is InChI=1S/C29H28FN7O/c1-2-38-25-14-10-22(11-15-25)32-27-26-20-31-37(24-6-4-3-5-7-24)28(26)34-29(33-27)36-18-16-35(17-19-36)23-12-8-21(30)9-13-23/h3-15,20H,2,16-19H2,1H3,(H,32,33,34). The van der Waals surface area contributed by atoms with Crippen molar-refractivity contribution in [3.05, 3.63) is 90.9 Å². The largest absolute Gasteiger partial charge is 0.494 e. The van der Waals surface area contributed by atoms with E-state index >= 15 is 0 Å². The summed E-state index contributed by atoms with van der Waals surface area (Å²) in [7, 11) is 0. The van der Waals surface area contributed by atoms with Crippen LogP contribution in [0.15, 0.2) is 85.1 Å². The maximum Gasteiger partial charge on any atom is 0.229 e. The number of aromatic nitrogens is 4. The third-order valence-corrected chi connectivity index (χ3v) is 6.60. The summed E-state index contributed by atoms with van der Waals surface area (Å²) in [6.07, 6.45) is 1.80. The van der Waals surface area contributed by atoms with Crippen LogP contribution in [0.5, 0.6) is 5.75 Å². The molecule has 0 spiro atoms. The second-order valence-corrected chi connectivity index (χ2v) is 9.03. The van der Waals surface area contributed by atoms with E-state index in [9.17, 15) is 4.39 Å². The number of nitrogens with zero attached hydrogens (tertiary/aromatic N) is 6. The van der Waals surface area contributed by atoms with Crippen LogP contribution in [-0.4, -0.2) is 52.5 Å². The lowest BCUT2D eigenvalue weighted by Gasteiger charge is -2.36. The smallest absolute Gasteiger partial charge is 0.229 e. The van der Waals surface area contributed by atoms with E-state index in [4.69, 9.17) is 14.7 Å². The van der Waals surface area contributed by atoms with Gasteiger partial charge in [0.05, 0.1) is 23.9 Å². The first kappa shape index (κ1) is 23.7. The summed E-state index contributed by atoms with van der Waals surface area (Å²) in [6, 6.07) is 24.4. The minimum atomic E-state index is -0.225. The molecule has 192 valence electrons. The molecule has 0 atom stereocenters. The van der Waals surface area contributed by atoms with Gasteiger partial charge in [-0.2, -0.15) is 15.1 Å². The van der Waals surface area contributed by atoms with Crippen molar-refractivity contribution in [3.63, 3.8) is 0 Å². The van der Waals surface area contributed by atoms with Crippen LogP contribution < -0.4 is 19.9 Å². The molecule has 3 heterocycles. The average Bonchev–Trinajstić information content (AvgIpc) is 3.40. The van der Waals surface area contributed by atoms with Crippen LogP contribution in [0.2, 0.25) is 0 Å². The number of fused-ring (bicyclic) bond motifs is 1. The highest BCUT2D eigenvalue weighted by Crippen LogP contribution is 2.29. The number of anilines is 4. The van der Waals surface area contributed by atoms with Gasteiger partial charge < -0.3 is 19.9 Å².